The molecule has 1 aliphatic rings. The lowest BCUT2D eigenvalue weighted by atomic mass is 9.79. The smallest absolute Gasteiger partial charge is 0.107 e. The maximum Gasteiger partial charge on any atom is 0.107 e. The van der Waals surface area contributed by atoms with Gasteiger partial charge in [0, 0.05) is 0 Å². The maximum atomic E-state index is 10.7. The molecule has 2 nitrogen and oxygen atoms in total. The number of hydrogen-bond donors (Lipinski definition) is 0. The molecule has 0 atom stereocenters. The molecule has 0 aromatic carbocycles. The van der Waals surface area contributed by atoms with Crippen molar-refractivity contribution in [2.45, 2.75) is 47.0 Å². The van der Waals surface area contributed by atoms with Gasteiger partial charge in [0.25, 0.3) is 0 Å². The van der Waals surface area contributed by atoms with Crippen molar-refractivity contribution in [1.29, 1.82) is 0 Å². The SMILES string of the molecule is CCC1=CC(N=O)=C(C(C)(C)C)CC1. The van der Waals surface area contributed by atoms with Crippen LogP contribution in [0, 0.1) is 10.3 Å². The number of hydrogen-bond acceptors (Lipinski definition) is 2. The van der Waals surface area contributed by atoms with E-state index in [1.165, 1.54) is 11.1 Å². The number of allylic oxidation sites excluding steroid dienone is 3. The van der Waals surface area contributed by atoms with Crippen molar-refractivity contribution in [3.8, 4) is 0 Å². The fourth-order valence-corrected chi connectivity index (χ4v) is 1.89. The van der Waals surface area contributed by atoms with Gasteiger partial charge < -0.3 is 0 Å². The Hall–Kier alpha value is -0.920. The molecule has 0 unspecified atom stereocenters. The molecule has 1 rings (SSSR count). The van der Waals surface area contributed by atoms with Crippen molar-refractivity contribution in [1.82, 2.24) is 0 Å². The van der Waals surface area contributed by atoms with Crippen molar-refractivity contribution in [3.63, 3.8) is 0 Å². The molecule has 0 radical (unpaired) electrons. The largest absolute Gasteiger partial charge is 0.145 e. The van der Waals surface area contributed by atoms with Gasteiger partial charge in [0.15, 0.2) is 0 Å². The Morgan fingerprint density at radius 2 is 2.00 bits per heavy atom. The van der Waals surface area contributed by atoms with E-state index in [0.29, 0.717) is 5.70 Å². The minimum absolute atomic E-state index is 0.0685. The minimum atomic E-state index is 0.0685. The summed E-state index contributed by atoms with van der Waals surface area (Å²) >= 11 is 0. The van der Waals surface area contributed by atoms with E-state index in [2.05, 4.69) is 32.9 Å². The second-order valence-corrected chi connectivity index (χ2v) is 4.86. The number of nitrogens with zero attached hydrogens (tertiary/aromatic N) is 1. The van der Waals surface area contributed by atoms with Crippen LogP contribution in [0.15, 0.2) is 28.1 Å². The van der Waals surface area contributed by atoms with E-state index < -0.39 is 0 Å². The van der Waals surface area contributed by atoms with Crippen LogP contribution in [0.25, 0.3) is 0 Å². The molecule has 0 aliphatic heterocycles. The molecule has 0 N–H and O–H groups in total. The molecule has 0 aromatic heterocycles. The van der Waals surface area contributed by atoms with Crippen molar-refractivity contribution < 1.29 is 0 Å². The lowest BCUT2D eigenvalue weighted by Gasteiger charge is -2.27. The fourth-order valence-electron chi connectivity index (χ4n) is 1.89. The summed E-state index contributed by atoms with van der Waals surface area (Å²) in [4.78, 5) is 10.7. The zero-order valence-electron chi connectivity index (χ0n) is 9.55. The molecule has 0 fully saturated rings. The van der Waals surface area contributed by atoms with E-state index in [-0.39, 0.29) is 5.41 Å². The third-order valence-electron chi connectivity index (χ3n) is 2.80. The van der Waals surface area contributed by atoms with Crippen LogP contribution in [-0.4, -0.2) is 0 Å². The van der Waals surface area contributed by atoms with Crippen LogP contribution in [-0.2, 0) is 0 Å². The third-order valence-corrected chi connectivity index (χ3v) is 2.80. The maximum absolute atomic E-state index is 10.7. The summed E-state index contributed by atoms with van der Waals surface area (Å²) in [7, 11) is 0. The molecular weight excluding hydrogens is 174 g/mol. The Bertz CT molecular complexity index is 292. The quantitative estimate of drug-likeness (QED) is 0.605. The molecule has 1 aliphatic carbocycles. The van der Waals surface area contributed by atoms with Crippen LogP contribution in [0.1, 0.15) is 47.0 Å². The molecule has 0 spiro atoms. The third kappa shape index (κ3) is 2.31. The zero-order chi connectivity index (χ0) is 10.8. The highest BCUT2D eigenvalue weighted by Gasteiger charge is 2.23. The average molecular weight is 193 g/mol. The topological polar surface area (TPSA) is 29.4 Å². The van der Waals surface area contributed by atoms with Crippen molar-refractivity contribution in [3.05, 3.63) is 27.8 Å². The van der Waals surface area contributed by atoms with Crippen LogP contribution in [0.5, 0.6) is 0 Å². The Labute approximate surface area is 86.1 Å². The lowest BCUT2D eigenvalue weighted by Crippen LogP contribution is -2.14. The van der Waals surface area contributed by atoms with Crippen LogP contribution in [0.2, 0.25) is 0 Å². The summed E-state index contributed by atoms with van der Waals surface area (Å²) in [5, 5.41) is 3.15. The lowest BCUT2D eigenvalue weighted by molar-refractivity contribution is 0.472. The molecule has 0 saturated carbocycles. The fraction of sp³-hybridized carbons (Fsp3) is 0.667. The van der Waals surface area contributed by atoms with Gasteiger partial charge in [0.05, 0.1) is 0 Å². The zero-order valence-corrected chi connectivity index (χ0v) is 9.55. The first-order chi connectivity index (χ1) is 6.49. The van der Waals surface area contributed by atoms with Crippen LogP contribution >= 0.6 is 0 Å². The second kappa shape index (κ2) is 4.07. The molecule has 2 heteroatoms. The van der Waals surface area contributed by atoms with E-state index >= 15 is 0 Å². The van der Waals surface area contributed by atoms with E-state index in [1.807, 2.05) is 6.08 Å². The predicted octanol–water partition coefficient (Wildman–Crippen LogP) is 4.18. The van der Waals surface area contributed by atoms with Crippen molar-refractivity contribution in [2.24, 2.45) is 10.6 Å². The Morgan fingerprint density at radius 1 is 1.36 bits per heavy atom. The first-order valence-electron chi connectivity index (χ1n) is 5.25. The molecule has 0 aromatic rings. The highest BCUT2D eigenvalue weighted by molar-refractivity contribution is 5.35. The van der Waals surface area contributed by atoms with Gasteiger partial charge in [0.1, 0.15) is 5.70 Å². The van der Waals surface area contributed by atoms with E-state index in [4.69, 9.17) is 0 Å². The molecule has 0 saturated heterocycles. The molecule has 0 amide bonds. The van der Waals surface area contributed by atoms with Gasteiger partial charge in [-0.3, -0.25) is 0 Å². The summed E-state index contributed by atoms with van der Waals surface area (Å²) < 4.78 is 0. The predicted molar refractivity (Wildman–Crippen MR) is 59.9 cm³/mol. The second-order valence-electron chi connectivity index (χ2n) is 4.86. The van der Waals surface area contributed by atoms with Gasteiger partial charge in [0.2, 0.25) is 0 Å². The highest BCUT2D eigenvalue weighted by Crippen LogP contribution is 2.37. The molecule has 0 heterocycles. The summed E-state index contributed by atoms with van der Waals surface area (Å²) in [6, 6.07) is 0. The molecule has 14 heavy (non-hydrogen) atoms. The van der Waals surface area contributed by atoms with Gasteiger partial charge in [-0.15, -0.1) is 4.91 Å². The summed E-state index contributed by atoms with van der Waals surface area (Å²) in [5.74, 6) is 0. The number of rotatable bonds is 2. The van der Waals surface area contributed by atoms with Gasteiger partial charge in [-0.05, 0) is 41.5 Å². The van der Waals surface area contributed by atoms with Gasteiger partial charge in [-0.1, -0.05) is 33.3 Å². The minimum Gasteiger partial charge on any atom is -0.145 e. The average Bonchev–Trinajstić information content (AvgIpc) is 2.15. The first-order valence-corrected chi connectivity index (χ1v) is 5.25. The Kier molecular flexibility index (Phi) is 3.25. The summed E-state index contributed by atoms with van der Waals surface area (Å²) in [6.45, 7) is 8.53. The van der Waals surface area contributed by atoms with Crippen LogP contribution in [0.4, 0.5) is 0 Å². The Balaban J connectivity index is 3.08. The number of nitroso groups, excluding NO2 is 1. The first kappa shape index (κ1) is 11.2. The van der Waals surface area contributed by atoms with Gasteiger partial charge >= 0.3 is 0 Å². The van der Waals surface area contributed by atoms with Crippen molar-refractivity contribution in [2.75, 3.05) is 0 Å². The van der Waals surface area contributed by atoms with Crippen molar-refractivity contribution >= 4 is 0 Å². The molecule has 78 valence electrons. The molecule has 0 bridgehead atoms. The standard InChI is InChI=1S/C12H19NO/c1-5-9-6-7-10(12(2,3)4)11(8-9)13-14/h8H,5-7H2,1-4H3. The summed E-state index contributed by atoms with van der Waals surface area (Å²) in [5.41, 5.74) is 3.27. The molecular formula is C12H19NO. The monoisotopic (exact) mass is 193 g/mol. The van der Waals surface area contributed by atoms with Gasteiger partial charge in [-0.25, -0.2) is 0 Å². The highest BCUT2D eigenvalue weighted by atomic mass is 16.3. The van der Waals surface area contributed by atoms with E-state index in [9.17, 15) is 4.91 Å². The Morgan fingerprint density at radius 3 is 2.43 bits per heavy atom. The van der Waals surface area contributed by atoms with Crippen LogP contribution < -0.4 is 0 Å². The van der Waals surface area contributed by atoms with E-state index in [1.54, 1.807) is 0 Å². The van der Waals surface area contributed by atoms with E-state index in [0.717, 1.165) is 19.3 Å². The summed E-state index contributed by atoms with van der Waals surface area (Å²) in [6.07, 6.45) is 5.07. The van der Waals surface area contributed by atoms with Crippen LogP contribution in [0.3, 0.4) is 0 Å². The normalized spacial score (nSPS) is 18.1. The van der Waals surface area contributed by atoms with Gasteiger partial charge in [-0.2, -0.15) is 0 Å².